The van der Waals surface area contributed by atoms with Crippen molar-refractivity contribution in [2.45, 2.75) is 33.7 Å². The van der Waals surface area contributed by atoms with Crippen molar-refractivity contribution in [2.75, 3.05) is 13.1 Å². The predicted octanol–water partition coefficient (Wildman–Crippen LogP) is 4.51. The minimum absolute atomic E-state index is 0.00352. The van der Waals surface area contributed by atoms with Crippen molar-refractivity contribution in [1.29, 1.82) is 0 Å². The number of rotatable bonds is 7. The van der Waals surface area contributed by atoms with E-state index in [9.17, 15) is 0 Å². The number of nitrogens with two attached hydrogens (primary N) is 1. The third-order valence-electron chi connectivity index (χ3n) is 3.90. The Morgan fingerprint density at radius 2 is 1.55 bits per heavy atom. The highest BCUT2D eigenvalue weighted by Gasteiger charge is 2.21. The van der Waals surface area contributed by atoms with E-state index in [2.05, 4.69) is 33.0 Å². The van der Waals surface area contributed by atoms with Crippen LogP contribution in [0.3, 0.4) is 0 Å². The summed E-state index contributed by atoms with van der Waals surface area (Å²) in [5.74, 6) is 1.86. The fourth-order valence-electron chi connectivity index (χ4n) is 2.67. The molecule has 4 heteroatoms. The summed E-state index contributed by atoms with van der Waals surface area (Å²) in [6.45, 7) is 10.4. The summed E-state index contributed by atoms with van der Waals surface area (Å²) in [7, 11) is 0. The highest BCUT2D eigenvalue weighted by Crippen LogP contribution is 2.30. The van der Waals surface area contributed by atoms with Gasteiger partial charge in [-0.05, 0) is 36.4 Å². The van der Waals surface area contributed by atoms with Gasteiger partial charge in [-0.25, -0.2) is 0 Å². The van der Waals surface area contributed by atoms with E-state index in [4.69, 9.17) is 28.9 Å². The van der Waals surface area contributed by atoms with Crippen LogP contribution in [0.5, 0.6) is 0 Å². The molecule has 1 rings (SSSR count). The number of benzene rings is 1. The van der Waals surface area contributed by atoms with Gasteiger partial charge in [0.1, 0.15) is 0 Å². The first-order valence-corrected chi connectivity index (χ1v) is 8.01. The van der Waals surface area contributed by atoms with Gasteiger partial charge in [-0.15, -0.1) is 0 Å². The molecule has 0 bridgehead atoms. The van der Waals surface area contributed by atoms with Crippen molar-refractivity contribution >= 4 is 23.2 Å². The Bertz CT molecular complexity index is 391. The molecule has 1 unspecified atom stereocenters. The highest BCUT2D eigenvalue weighted by atomic mass is 35.5. The SMILES string of the molecule is CC(C)C(CNC(CN)c1c(Cl)cccc1Cl)C(C)C. The van der Waals surface area contributed by atoms with Crippen LogP contribution in [-0.2, 0) is 0 Å². The lowest BCUT2D eigenvalue weighted by Crippen LogP contribution is -2.36. The molecule has 0 saturated heterocycles. The minimum atomic E-state index is -0.00352. The van der Waals surface area contributed by atoms with Crippen LogP contribution in [0.2, 0.25) is 10.0 Å². The third kappa shape index (κ3) is 4.63. The molecule has 1 aromatic carbocycles. The highest BCUT2D eigenvalue weighted by molar-refractivity contribution is 6.36. The van der Waals surface area contributed by atoms with Crippen LogP contribution in [0.4, 0.5) is 0 Å². The van der Waals surface area contributed by atoms with Gasteiger partial charge in [-0.3, -0.25) is 0 Å². The van der Waals surface area contributed by atoms with Crippen LogP contribution in [0.15, 0.2) is 18.2 Å². The molecule has 0 fully saturated rings. The summed E-state index contributed by atoms with van der Waals surface area (Å²) >= 11 is 12.5. The lowest BCUT2D eigenvalue weighted by atomic mass is 9.85. The molecule has 0 radical (unpaired) electrons. The average molecular weight is 317 g/mol. The Morgan fingerprint density at radius 1 is 1.05 bits per heavy atom. The second-order valence-corrected chi connectivity index (χ2v) is 6.80. The van der Waals surface area contributed by atoms with Crippen molar-refractivity contribution in [3.05, 3.63) is 33.8 Å². The summed E-state index contributed by atoms with van der Waals surface area (Å²) in [6.07, 6.45) is 0. The van der Waals surface area contributed by atoms with E-state index >= 15 is 0 Å². The first-order valence-electron chi connectivity index (χ1n) is 7.25. The van der Waals surface area contributed by atoms with E-state index in [1.54, 1.807) is 0 Å². The zero-order valence-corrected chi connectivity index (χ0v) is 14.3. The van der Waals surface area contributed by atoms with Gasteiger partial charge >= 0.3 is 0 Å². The van der Waals surface area contributed by atoms with Gasteiger partial charge in [0.15, 0.2) is 0 Å². The van der Waals surface area contributed by atoms with Crippen molar-refractivity contribution in [2.24, 2.45) is 23.5 Å². The van der Waals surface area contributed by atoms with Gasteiger partial charge < -0.3 is 11.1 Å². The van der Waals surface area contributed by atoms with Crippen LogP contribution in [0, 0.1) is 17.8 Å². The lowest BCUT2D eigenvalue weighted by molar-refractivity contribution is 0.266. The van der Waals surface area contributed by atoms with Crippen molar-refractivity contribution in [1.82, 2.24) is 5.32 Å². The second-order valence-electron chi connectivity index (χ2n) is 5.98. The molecule has 20 heavy (non-hydrogen) atoms. The molecule has 3 N–H and O–H groups in total. The second kappa shape index (κ2) is 8.23. The van der Waals surface area contributed by atoms with Crippen molar-refractivity contribution in [3.63, 3.8) is 0 Å². The molecule has 0 aliphatic rings. The Labute approximate surface area is 133 Å². The number of hydrogen-bond donors (Lipinski definition) is 2. The molecule has 0 spiro atoms. The Kier molecular flexibility index (Phi) is 7.32. The summed E-state index contributed by atoms with van der Waals surface area (Å²) in [5, 5.41) is 4.88. The molecule has 0 saturated carbocycles. The smallest absolute Gasteiger partial charge is 0.0474 e. The maximum atomic E-state index is 6.26. The number of hydrogen-bond acceptors (Lipinski definition) is 2. The molecule has 2 nitrogen and oxygen atoms in total. The topological polar surface area (TPSA) is 38.0 Å². The fraction of sp³-hybridized carbons (Fsp3) is 0.625. The average Bonchev–Trinajstić information content (AvgIpc) is 2.35. The molecule has 1 aromatic rings. The van der Waals surface area contributed by atoms with E-state index in [0.29, 0.717) is 34.3 Å². The van der Waals surface area contributed by atoms with E-state index in [1.165, 1.54) is 0 Å². The molecular formula is C16H26Cl2N2. The number of nitrogens with one attached hydrogen (secondary N) is 1. The van der Waals surface area contributed by atoms with Gasteiger partial charge in [0.05, 0.1) is 0 Å². The monoisotopic (exact) mass is 316 g/mol. The quantitative estimate of drug-likeness (QED) is 0.776. The maximum Gasteiger partial charge on any atom is 0.0474 e. The maximum absolute atomic E-state index is 6.26. The first-order chi connectivity index (χ1) is 9.38. The van der Waals surface area contributed by atoms with Crippen LogP contribution in [0.25, 0.3) is 0 Å². The van der Waals surface area contributed by atoms with E-state index in [0.717, 1.165) is 12.1 Å². The molecule has 0 aromatic heterocycles. The molecule has 0 aliphatic heterocycles. The van der Waals surface area contributed by atoms with Crippen molar-refractivity contribution in [3.8, 4) is 0 Å². The van der Waals surface area contributed by atoms with Crippen LogP contribution < -0.4 is 11.1 Å². The van der Waals surface area contributed by atoms with E-state index in [1.807, 2.05) is 18.2 Å². The molecule has 0 aliphatic carbocycles. The molecule has 1 atom stereocenters. The molecule has 114 valence electrons. The van der Waals surface area contributed by atoms with Gasteiger partial charge in [-0.2, -0.15) is 0 Å². The normalized spacial score (nSPS) is 13.5. The number of halogens is 2. The minimum Gasteiger partial charge on any atom is -0.329 e. The third-order valence-corrected chi connectivity index (χ3v) is 4.56. The first kappa shape index (κ1) is 17.8. The lowest BCUT2D eigenvalue weighted by Gasteiger charge is -2.28. The predicted molar refractivity (Wildman–Crippen MR) is 89.4 cm³/mol. The Morgan fingerprint density at radius 3 is 1.95 bits per heavy atom. The van der Waals surface area contributed by atoms with Crippen LogP contribution in [0.1, 0.15) is 39.3 Å². The van der Waals surface area contributed by atoms with E-state index in [-0.39, 0.29) is 6.04 Å². The van der Waals surface area contributed by atoms with Crippen LogP contribution >= 0.6 is 23.2 Å². The van der Waals surface area contributed by atoms with Crippen LogP contribution in [-0.4, -0.2) is 13.1 Å². The summed E-state index contributed by atoms with van der Waals surface area (Å²) < 4.78 is 0. The molecule has 0 amide bonds. The standard InChI is InChI=1S/C16H26Cl2N2/c1-10(2)12(11(3)4)9-20-15(8-19)16-13(17)6-5-7-14(16)18/h5-7,10-12,15,20H,8-9,19H2,1-4H3. The van der Waals surface area contributed by atoms with E-state index < -0.39 is 0 Å². The fourth-order valence-corrected chi connectivity index (χ4v) is 3.33. The van der Waals surface area contributed by atoms with Gasteiger partial charge in [0.2, 0.25) is 0 Å². The van der Waals surface area contributed by atoms with Gasteiger partial charge in [0.25, 0.3) is 0 Å². The summed E-state index contributed by atoms with van der Waals surface area (Å²) in [6, 6.07) is 5.56. The summed E-state index contributed by atoms with van der Waals surface area (Å²) in [5.41, 5.74) is 6.81. The largest absolute Gasteiger partial charge is 0.329 e. The molecule has 0 heterocycles. The van der Waals surface area contributed by atoms with Gasteiger partial charge in [-0.1, -0.05) is 57.0 Å². The summed E-state index contributed by atoms with van der Waals surface area (Å²) in [4.78, 5) is 0. The molecular weight excluding hydrogens is 291 g/mol. The Hall–Kier alpha value is -0.280. The Balaban J connectivity index is 2.82. The zero-order valence-electron chi connectivity index (χ0n) is 12.8. The van der Waals surface area contributed by atoms with Gasteiger partial charge in [0, 0.05) is 28.2 Å². The van der Waals surface area contributed by atoms with Crippen molar-refractivity contribution < 1.29 is 0 Å². The zero-order chi connectivity index (χ0) is 15.3.